The Morgan fingerprint density at radius 3 is 2.78 bits per heavy atom. The molecule has 1 atom stereocenters. The lowest BCUT2D eigenvalue weighted by Gasteiger charge is -2.32. The smallest absolute Gasteiger partial charge is 0.165 e. The number of tetrazole rings is 1. The van der Waals surface area contributed by atoms with E-state index in [2.05, 4.69) is 48.1 Å². The molecule has 102 valence electrons. The van der Waals surface area contributed by atoms with E-state index in [0.29, 0.717) is 0 Å². The molecule has 5 heteroatoms. The van der Waals surface area contributed by atoms with Crippen LogP contribution in [-0.4, -0.2) is 38.2 Å². The molecule has 2 rings (SSSR count). The van der Waals surface area contributed by atoms with Gasteiger partial charge in [0, 0.05) is 6.54 Å². The monoisotopic (exact) mass is 251 g/mol. The average Bonchev–Trinajstić information content (AvgIpc) is 2.77. The summed E-state index contributed by atoms with van der Waals surface area (Å²) < 4.78 is 1.95. The van der Waals surface area contributed by atoms with Crippen LogP contribution < -0.4 is 0 Å². The fourth-order valence-electron chi connectivity index (χ4n) is 2.65. The van der Waals surface area contributed by atoms with E-state index in [4.69, 9.17) is 0 Å². The highest BCUT2D eigenvalue weighted by atomic mass is 15.6. The fourth-order valence-corrected chi connectivity index (χ4v) is 2.65. The maximum absolute atomic E-state index is 4.19. The Labute approximate surface area is 110 Å². The van der Waals surface area contributed by atoms with E-state index >= 15 is 0 Å². The Kier molecular flexibility index (Phi) is 4.00. The maximum Gasteiger partial charge on any atom is 0.165 e. The maximum atomic E-state index is 4.19. The third kappa shape index (κ3) is 3.07. The summed E-state index contributed by atoms with van der Waals surface area (Å²) in [5, 5.41) is 12.1. The van der Waals surface area contributed by atoms with Crippen molar-refractivity contribution in [2.75, 3.05) is 13.1 Å². The first-order chi connectivity index (χ1) is 8.50. The summed E-state index contributed by atoms with van der Waals surface area (Å²) in [6, 6.07) is 0. The lowest BCUT2D eigenvalue weighted by molar-refractivity contribution is 0.155. The third-order valence-corrected chi connectivity index (χ3v) is 3.71. The second kappa shape index (κ2) is 5.34. The van der Waals surface area contributed by atoms with E-state index in [-0.39, 0.29) is 5.54 Å². The Hall–Kier alpha value is -0.970. The van der Waals surface area contributed by atoms with Gasteiger partial charge in [0.1, 0.15) is 0 Å². The van der Waals surface area contributed by atoms with Gasteiger partial charge in [-0.2, -0.15) is 0 Å². The second-order valence-corrected chi connectivity index (χ2v) is 6.33. The van der Waals surface area contributed by atoms with E-state index < -0.39 is 0 Å². The van der Waals surface area contributed by atoms with Crippen LogP contribution in [0.15, 0.2) is 0 Å². The van der Waals surface area contributed by atoms with Gasteiger partial charge >= 0.3 is 0 Å². The lowest BCUT2D eigenvalue weighted by Crippen LogP contribution is -2.36. The summed E-state index contributed by atoms with van der Waals surface area (Å²) in [6.45, 7) is 11.9. The first-order valence-electron chi connectivity index (χ1n) is 7.00. The van der Waals surface area contributed by atoms with Crippen molar-refractivity contribution in [1.29, 1.82) is 0 Å². The van der Waals surface area contributed by atoms with Gasteiger partial charge in [0.25, 0.3) is 0 Å². The molecule has 0 aliphatic carbocycles. The van der Waals surface area contributed by atoms with E-state index in [1.807, 2.05) is 4.68 Å². The molecular weight excluding hydrogens is 226 g/mol. The standard InChI is InChI=1S/C13H25N5/c1-5-11-7-6-8-17(9-11)10-12-14-15-16-18(12)13(2,3)4/h11H,5-10H2,1-4H3. The van der Waals surface area contributed by atoms with Crippen LogP contribution >= 0.6 is 0 Å². The van der Waals surface area contributed by atoms with Crippen molar-refractivity contribution in [2.24, 2.45) is 5.92 Å². The SMILES string of the molecule is CCC1CCCN(Cc2nnnn2C(C)(C)C)C1. The van der Waals surface area contributed by atoms with Crippen LogP contribution in [0.1, 0.15) is 52.8 Å². The third-order valence-electron chi connectivity index (χ3n) is 3.71. The second-order valence-electron chi connectivity index (χ2n) is 6.33. The summed E-state index contributed by atoms with van der Waals surface area (Å²) >= 11 is 0. The van der Waals surface area contributed by atoms with Gasteiger partial charge < -0.3 is 0 Å². The van der Waals surface area contributed by atoms with Crippen LogP contribution in [0.3, 0.4) is 0 Å². The number of hydrogen-bond acceptors (Lipinski definition) is 4. The first-order valence-corrected chi connectivity index (χ1v) is 7.00. The average molecular weight is 251 g/mol. The van der Waals surface area contributed by atoms with Crippen molar-refractivity contribution in [3.05, 3.63) is 5.82 Å². The fraction of sp³-hybridized carbons (Fsp3) is 0.923. The van der Waals surface area contributed by atoms with Crippen LogP contribution in [-0.2, 0) is 12.1 Å². The molecule has 0 saturated carbocycles. The Balaban J connectivity index is 2.03. The highest BCUT2D eigenvalue weighted by molar-refractivity contribution is 4.88. The van der Waals surface area contributed by atoms with E-state index in [0.717, 1.165) is 18.3 Å². The minimum Gasteiger partial charge on any atom is -0.296 e. The molecule has 0 N–H and O–H groups in total. The molecule has 1 aliphatic rings. The number of nitrogens with zero attached hydrogens (tertiary/aromatic N) is 5. The molecule has 5 nitrogen and oxygen atoms in total. The van der Waals surface area contributed by atoms with E-state index in [9.17, 15) is 0 Å². The van der Waals surface area contributed by atoms with Crippen molar-refractivity contribution < 1.29 is 0 Å². The molecule has 0 spiro atoms. The van der Waals surface area contributed by atoms with Gasteiger partial charge in [0.05, 0.1) is 12.1 Å². The quantitative estimate of drug-likeness (QED) is 0.825. The van der Waals surface area contributed by atoms with Crippen LogP contribution in [0.2, 0.25) is 0 Å². The molecule has 1 fully saturated rings. The number of rotatable bonds is 3. The molecule has 1 aromatic heterocycles. The molecule has 18 heavy (non-hydrogen) atoms. The number of likely N-dealkylation sites (tertiary alicyclic amines) is 1. The van der Waals surface area contributed by atoms with Gasteiger partial charge in [-0.1, -0.05) is 13.3 Å². The van der Waals surface area contributed by atoms with Crippen molar-refractivity contribution in [3.63, 3.8) is 0 Å². The zero-order chi connectivity index (χ0) is 13.2. The molecule has 0 radical (unpaired) electrons. The molecule has 1 unspecified atom stereocenters. The van der Waals surface area contributed by atoms with Crippen LogP contribution in [0, 0.1) is 5.92 Å². The molecule has 1 aliphatic heterocycles. The first kappa shape index (κ1) is 13.5. The molecule has 1 saturated heterocycles. The highest BCUT2D eigenvalue weighted by Gasteiger charge is 2.24. The van der Waals surface area contributed by atoms with Crippen LogP contribution in [0.5, 0.6) is 0 Å². The van der Waals surface area contributed by atoms with Gasteiger partial charge in [-0.05, 0) is 56.5 Å². The normalized spacial score (nSPS) is 22.3. The highest BCUT2D eigenvalue weighted by Crippen LogP contribution is 2.21. The molecular formula is C13H25N5. The van der Waals surface area contributed by atoms with Gasteiger partial charge in [-0.25, -0.2) is 4.68 Å². The number of aromatic nitrogens is 4. The predicted octanol–water partition coefficient (Wildman–Crippen LogP) is 2.05. The zero-order valence-corrected chi connectivity index (χ0v) is 12.1. The van der Waals surface area contributed by atoms with Crippen molar-refractivity contribution in [2.45, 2.75) is 59.0 Å². The van der Waals surface area contributed by atoms with E-state index in [1.54, 1.807) is 0 Å². The van der Waals surface area contributed by atoms with Crippen molar-refractivity contribution >= 4 is 0 Å². The summed E-state index contributed by atoms with van der Waals surface area (Å²) in [5.74, 6) is 1.83. The van der Waals surface area contributed by atoms with E-state index in [1.165, 1.54) is 32.4 Å². The molecule has 1 aromatic rings. The van der Waals surface area contributed by atoms with Gasteiger partial charge in [-0.15, -0.1) is 5.10 Å². The van der Waals surface area contributed by atoms with Gasteiger partial charge in [0.2, 0.25) is 0 Å². The number of piperidine rings is 1. The van der Waals surface area contributed by atoms with Crippen LogP contribution in [0.25, 0.3) is 0 Å². The summed E-state index contributed by atoms with van der Waals surface area (Å²) in [6.07, 6.45) is 3.95. The predicted molar refractivity (Wildman–Crippen MR) is 71.1 cm³/mol. The molecule has 0 aromatic carbocycles. The van der Waals surface area contributed by atoms with Crippen molar-refractivity contribution in [3.8, 4) is 0 Å². The number of hydrogen-bond donors (Lipinski definition) is 0. The summed E-state index contributed by atoms with van der Waals surface area (Å²) in [5.41, 5.74) is -0.0429. The van der Waals surface area contributed by atoms with Crippen molar-refractivity contribution in [1.82, 2.24) is 25.1 Å². The zero-order valence-electron chi connectivity index (χ0n) is 12.1. The molecule has 2 heterocycles. The Morgan fingerprint density at radius 2 is 2.11 bits per heavy atom. The van der Waals surface area contributed by atoms with Crippen LogP contribution in [0.4, 0.5) is 0 Å². The Morgan fingerprint density at radius 1 is 1.33 bits per heavy atom. The summed E-state index contributed by atoms with van der Waals surface area (Å²) in [7, 11) is 0. The topological polar surface area (TPSA) is 46.8 Å². The summed E-state index contributed by atoms with van der Waals surface area (Å²) in [4.78, 5) is 2.49. The molecule has 0 amide bonds. The Bertz CT molecular complexity index is 379. The molecule has 0 bridgehead atoms. The minimum absolute atomic E-state index is 0.0429. The lowest BCUT2D eigenvalue weighted by atomic mass is 9.96. The largest absolute Gasteiger partial charge is 0.296 e. The minimum atomic E-state index is -0.0429. The van der Waals surface area contributed by atoms with Gasteiger partial charge in [-0.3, -0.25) is 4.90 Å². The van der Waals surface area contributed by atoms with Gasteiger partial charge in [0.15, 0.2) is 5.82 Å².